The minimum absolute atomic E-state index is 0.0782. The van der Waals surface area contributed by atoms with Crippen molar-refractivity contribution in [1.82, 2.24) is 10.3 Å². The van der Waals surface area contributed by atoms with Gasteiger partial charge in [-0.25, -0.2) is 0 Å². The maximum atomic E-state index is 12.2. The monoisotopic (exact) mass is 256 g/mol. The fourth-order valence-corrected chi connectivity index (χ4v) is 3.40. The van der Waals surface area contributed by atoms with Gasteiger partial charge in [0.25, 0.3) is 0 Å². The number of rotatable bonds is 2. The molecule has 2 heterocycles. The lowest BCUT2D eigenvalue weighted by atomic mass is 10.1. The Hall–Kier alpha value is -0.740. The summed E-state index contributed by atoms with van der Waals surface area (Å²) in [5.74, 6) is 0. The van der Waals surface area contributed by atoms with Crippen molar-refractivity contribution in [3.8, 4) is 0 Å². The molecule has 1 aromatic rings. The second-order valence-corrected chi connectivity index (χ2v) is 6.57. The summed E-state index contributed by atoms with van der Waals surface area (Å²) in [6, 6.07) is 3.61. The number of nitrogens with one attached hydrogen (secondary N) is 1. The Morgan fingerprint density at radius 3 is 3.12 bits per heavy atom. The van der Waals surface area contributed by atoms with Crippen LogP contribution in [0.1, 0.15) is 25.8 Å². The lowest BCUT2D eigenvalue weighted by Crippen LogP contribution is -2.51. The van der Waals surface area contributed by atoms with Gasteiger partial charge in [0.05, 0.1) is 6.61 Å². The molecular weight excluding hydrogens is 239 g/mol. The van der Waals surface area contributed by atoms with Gasteiger partial charge in [-0.2, -0.15) is 0 Å². The lowest BCUT2D eigenvalue weighted by molar-refractivity contribution is 0.147. The van der Waals surface area contributed by atoms with E-state index in [1.54, 1.807) is 31.5 Å². The van der Waals surface area contributed by atoms with Gasteiger partial charge in [0.2, 0.25) is 0 Å². The van der Waals surface area contributed by atoms with Crippen molar-refractivity contribution < 1.29 is 14.0 Å². The quantitative estimate of drug-likeness (QED) is 0.790. The third-order valence-electron chi connectivity index (χ3n) is 3.22. The highest BCUT2D eigenvalue weighted by atomic mass is 31.2. The molecule has 0 bridgehead atoms. The molecule has 1 aliphatic heterocycles. The molecule has 3 atom stereocenters. The third kappa shape index (κ3) is 2.16. The minimum Gasteiger partial charge on any atom is -0.323 e. The number of hydrogen-bond acceptors (Lipinski definition) is 4. The van der Waals surface area contributed by atoms with E-state index in [0.717, 1.165) is 6.42 Å². The standard InChI is InChI=1S/C11H17N2O3P/c1-3-10-8-16-17(14,15)11(2,13-10)9-5-4-6-12-7-9/h4-7,10,13H,3,8H2,1-2H3,(H,14,15). The molecule has 0 aliphatic carbocycles. The van der Waals surface area contributed by atoms with Gasteiger partial charge in [-0.1, -0.05) is 13.0 Å². The molecule has 6 heteroatoms. The average molecular weight is 256 g/mol. The Morgan fingerprint density at radius 2 is 2.53 bits per heavy atom. The van der Waals surface area contributed by atoms with E-state index in [1.807, 2.05) is 6.92 Å². The summed E-state index contributed by atoms with van der Waals surface area (Å²) in [6.45, 7) is 3.96. The first-order valence-electron chi connectivity index (χ1n) is 5.65. The largest absolute Gasteiger partial charge is 0.352 e. The molecule has 94 valence electrons. The van der Waals surface area contributed by atoms with E-state index in [2.05, 4.69) is 10.3 Å². The van der Waals surface area contributed by atoms with Crippen LogP contribution in [-0.4, -0.2) is 22.5 Å². The molecule has 2 N–H and O–H groups in total. The van der Waals surface area contributed by atoms with Gasteiger partial charge in [-0.3, -0.25) is 14.9 Å². The van der Waals surface area contributed by atoms with Gasteiger partial charge < -0.3 is 9.42 Å². The molecule has 1 fully saturated rings. The minimum atomic E-state index is -3.73. The van der Waals surface area contributed by atoms with Crippen LogP contribution < -0.4 is 5.32 Å². The van der Waals surface area contributed by atoms with Crippen LogP contribution in [0.3, 0.4) is 0 Å². The molecule has 0 aromatic carbocycles. The van der Waals surface area contributed by atoms with E-state index in [-0.39, 0.29) is 12.6 Å². The van der Waals surface area contributed by atoms with Crippen LogP contribution in [0.5, 0.6) is 0 Å². The van der Waals surface area contributed by atoms with Gasteiger partial charge >= 0.3 is 7.60 Å². The Labute approximate surface area is 101 Å². The first kappa shape index (κ1) is 12.7. The van der Waals surface area contributed by atoms with E-state index in [0.29, 0.717) is 5.56 Å². The molecular formula is C11H17N2O3P. The maximum Gasteiger partial charge on any atom is 0.352 e. The Morgan fingerprint density at radius 1 is 1.76 bits per heavy atom. The van der Waals surface area contributed by atoms with Gasteiger partial charge in [0, 0.05) is 24.0 Å². The summed E-state index contributed by atoms with van der Waals surface area (Å²) in [5.41, 5.74) is 0.670. The van der Waals surface area contributed by atoms with E-state index in [4.69, 9.17) is 4.52 Å². The Kier molecular flexibility index (Phi) is 3.36. The number of hydrogen-bond donors (Lipinski definition) is 2. The Bertz CT molecular complexity index is 440. The predicted molar refractivity (Wildman–Crippen MR) is 64.6 cm³/mol. The molecule has 0 radical (unpaired) electrons. The smallest absolute Gasteiger partial charge is 0.323 e. The van der Waals surface area contributed by atoms with Crippen LogP contribution >= 0.6 is 7.60 Å². The molecule has 1 saturated heterocycles. The molecule has 17 heavy (non-hydrogen) atoms. The van der Waals surface area contributed by atoms with Gasteiger partial charge in [0.1, 0.15) is 5.28 Å². The number of pyridine rings is 1. The molecule has 0 saturated carbocycles. The zero-order valence-corrected chi connectivity index (χ0v) is 10.9. The van der Waals surface area contributed by atoms with Crippen LogP contribution in [0.4, 0.5) is 0 Å². The van der Waals surface area contributed by atoms with E-state index < -0.39 is 12.9 Å². The van der Waals surface area contributed by atoms with Gasteiger partial charge in [-0.15, -0.1) is 0 Å². The molecule has 0 amide bonds. The van der Waals surface area contributed by atoms with Crippen LogP contribution in [0.15, 0.2) is 24.5 Å². The van der Waals surface area contributed by atoms with Crippen molar-refractivity contribution >= 4 is 7.60 Å². The first-order chi connectivity index (χ1) is 7.99. The van der Waals surface area contributed by atoms with Crippen molar-refractivity contribution in [2.45, 2.75) is 31.6 Å². The fraction of sp³-hybridized carbons (Fsp3) is 0.545. The molecule has 1 aromatic heterocycles. The zero-order chi connectivity index (χ0) is 12.5. The summed E-state index contributed by atoms with van der Waals surface area (Å²) in [6.07, 6.45) is 4.07. The third-order valence-corrected chi connectivity index (χ3v) is 5.23. The van der Waals surface area contributed by atoms with Crippen LogP contribution in [-0.2, 0) is 14.4 Å². The first-order valence-corrected chi connectivity index (χ1v) is 7.23. The van der Waals surface area contributed by atoms with Crippen molar-refractivity contribution in [3.05, 3.63) is 30.1 Å². The van der Waals surface area contributed by atoms with Crippen molar-refractivity contribution in [3.63, 3.8) is 0 Å². The topological polar surface area (TPSA) is 71.5 Å². The highest BCUT2D eigenvalue weighted by Gasteiger charge is 2.50. The van der Waals surface area contributed by atoms with E-state index >= 15 is 0 Å². The summed E-state index contributed by atoms with van der Waals surface area (Å²) in [5, 5.41) is 2.12. The van der Waals surface area contributed by atoms with Crippen molar-refractivity contribution in [1.29, 1.82) is 0 Å². The number of aromatic nitrogens is 1. The van der Waals surface area contributed by atoms with Crippen LogP contribution in [0, 0.1) is 0 Å². The number of nitrogens with zero attached hydrogens (tertiary/aromatic N) is 1. The second kappa shape index (κ2) is 4.50. The lowest BCUT2D eigenvalue weighted by Gasteiger charge is -2.42. The molecule has 1 aliphatic rings. The van der Waals surface area contributed by atoms with Crippen molar-refractivity contribution in [2.75, 3.05) is 6.61 Å². The summed E-state index contributed by atoms with van der Waals surface area (Å²) in [4.78, 5) is 14.0. The highest BCUT2D eigenvalue weighted by molar-refractivity contribution is 7.54. The van der Waals surface area contributed by atoms with Crippen molar-refractivity contribution in [2.24, 2.45) is 0 Å². The molecule has 3 unspecified atom stereocenters. The summed E-state index contributed by atoms with van der Waals surface area (Å²) >= 11 is 0. The molecule has 0 spiro atoms. The van der Waals surface area contributed by atoms with Gasteiger partial charge in [0.15, 0.2) is 0 Å². The molecule has 5 nitrogen and oxygen atoms in total. The second-order valence-electron chi connectivity index (χ2n) is 4.38. The predicted octanol–water partition coefficient (Wildman–Crippen LogP) is 1.84. The average Bonchev–Trinajstić information content (AvgIpc) is 2.34. The zero-order valence-electron chi connectivity index (χ0n) is 9.96. The fourth-order valence-electron chi connectivity index (χ4n) is 1.96. The van der Waals surface area contributed by atoms with Gasteiger partial charge in [-0.05, 0) is 19.4 Å². The summed E-state index contributed by atoms with van der Waals surface area (Å²) in [7, 11) is -3.73. The van der Waals surface area contributed by atoms with Crippen LogP contribution in [0.2, 0.25) is 0 Å². The summed E-state index contributed by atoms with van der Waals surface area (Å²) < 4.78 is 17.4. The van der Waals surface area contributed by atoms with E-state index in [1.165, 1.54) is 0 Å². The SMILES string of the molecule is CCC1COP(=O)(O)C(C)(c2cccnc2)N1. The van der Waals surface area contributed by atoms with E-state index in [9.17, 15) is 9.46 Å². The normalized spacial score (nSPS) is 37.9. The molecule has 2 rings (SSSR count). The van der Waals surface area contributed by atoms with Crippen LogP contribution in [0.25, 0.3) is 0 Å². The Balaban J connectivity index is 2.41. The highest BCUT2D eigenvalue weighted by Crippen LogP contribution is 2.61. The maximum absolute atomic E-state index is 12.2.